The number of hydrogen-bond donors (Lipinski definition) is 2. The highest BCUT2D eigenvalue weighted by Gasteiger charge is 2.27. The number of rotatable bonds is 6. The molecule has 0 aliphatic carbocycles. The van der Waals surface area contributed by atoms with Crippen LogP contribution in [-0.4, -0.2) is 38.5 Å². The molecular formula is C5H11F3N2O2S2. The van der Waals surface area contributed by atoms with Gasteiger partial charge in [-0.15, -0.1) is 0 Å². The number of sulfonamides is 1. The van der Waals surface area contributed by atoms with Gasteiger partial charge in [-0.25, -0.2) is 13.6 Å². The van der Waals surface area contributed by atoms with E-state index in [9.17, 15) is 21.6 Å². The van der Waals surface area contributed by atoms with E-state index in [4.69, 9.17) is 0 Å². The molecular weight excluding hydrogens is 241 g/mol. The van der Waals surface area contributed by atoms with E-state index in [0.29, 0.717) is 0 Å². The Morgan fingerprint density at radius 1 is 1.29 bits per heavy atom. The fourth-order valence-electron chi connectivity index (χ4n) is 0.578. The van der Waals surface area contributed by atoms with Gasteiger partial charge in [-0.3, -0.25) is 0 Å². The maximum Gasteiger partial charge on any atom is 0.441 e. The molecule has 0 saturated carbocycles. The second kappa shape index (κ2) is 5.79. The van der Waals surface area contributed by atoms with Crippen LogP contribution in [0.25, 0.3) is 0 Å². The number of nitrogens with one attached hydrogen (secondary N) is 1. The summed E-state index contributed by atoms with van der Waals surface area (Å²) in [6.45, 7) is 0.164. The van der Waals surface area contributed by atoms with Gasteiger partial charge in [0, 0.05) is 18.8 Å². The topological polar surface area (TPSA) is 72.2 Å². The zero-order chi connectivity index (χ0) is 11.2. The molecule has 0 aromatic heterocycles. The number of nitrogens with two attached hydrogens (primary N) is 1. The van der Waals surface area contributed by atoms with E-state index in [1.165, 1.54) is 0 Å². The van der Waals surface area contributed by atoms with Gasteiger partial charge in [0.2, 0.25) is 10.0 Å². The van der Waals surface area contributed by atoms with Crippen molar-refractivity contribution in [1.29, 1.82) is 0 Å². The predicted molar refractivity (Wildman–Crippen MR) is 49.4 cm³/mol. The minimum atomic E-state index is -4.23. The summed E-state index contributed by atoms with van der Waals surface area (Å²) in [5, 5.41) is 7.20. The first kappa shape index (κ1) is 14.0. The summed E-state index contributed by atoms with van der Waals surface area (Å²) >= 11 is -0.152. The van der Waals surface area contributed by atoms with Crippen molar-refractivity contribution in [3.63, 3.8) is 0 Å². The average molecular weight is 252 g/mol. The lowest BCUT2D eigenvalue weighted by molar-refractivity contribution is -0.0327. The van der Waals surface area contributed by atoms with Gasteiger partial charge in [-0.05, 0) is 11.8 Å². The van der Waals surface area contributed by atoms with Crippen molar-refractivity contribution in [1.82, 2.24) is 5.32 Å². The summed E-state index contributed by atoms with van der Waals surface area (Å²) in [5.41, 5.74) is -4.23. The summed E-state index contributed by atoms with van der Waals surface area (Å²) in [4.78, 5) is 0. The maximum atomic E-state index is 11.6. The van der Waals surface area contributed by atoms with Crippen LogP contribution in [0.15, 0.2) is 0 Å². The van der Waals surface area contributed by atoms with Crippen LogP contribution in [-0.2, 0) is 10.0 Å². The molecule has 0 heterocycles. The fraction of sp³-hybridized carbons (Fsp3) is 1.00. The monoisotopic (exact) mass is 252 g/mol. The molecule has 0 aromatic rings. The number of hydrogen-bond acceptors (Lipinski definition) is 4. The maximum absolute atomic E-state index is 11.6. The molecule has 0 aliphatic rings. The van der Waals surface area contributed by atoms with Crippen molar-refractivity contribution in [2.24, 2.45) is 5.14 Å². The lowest BCUT2D eigenvalue weighted by atomic mass is 10.7. The first-order chi connectivity index (χ1) is 6.21. The van der Waals surface area contributed by atoms with Crippen molar-refractivity contribution < 1.29 is 21.6 Å². The van der Waals surface area contributed by atoms with E-state index < -0.39 is 15.5 Å². The van der Waals surface area contributed by atoms with Crippen LogP contribution >= 0.6 is 11.8 Å². The molecule has 4 nitrogen and oxygen atoms in total. The van der Waals surface area contributed by atoms with Gasteiger partial charge in [0.05, 0.1) is 5.75 Å². The molecule has 9 heteroatoms. The summed E-state index contributed by atoms with van der Waals surface area (Å²) in [6, 6.07) is 0. The Kier molecular flexibility index (Phi) is 5.79. The molecule has 86 valence electrons. The Bertz CT molecular complexity index is 252. The minimum Gasteiger partial charge on any atom is -0.315 e. The first-order valence-electron chi connectivity index (χ1n) is 3.62. The third kappa shape index (κ3) is 12.0. The van der Waals surface area contributed by atoms with Crippen LogP contribution in [0.1, 0.15) is 0 Å². The summed E-state index contributed by atoms with van der Waals surface area (Å²) in [6.07, 6.45) is 0. The summed E-state index contributed by atoms with van der Waals surface area (Å²) in [5.74, 6) is -0.419. The number of thioether (sulfide) groups is 1. The Hall–Kier alpha value is 0.01000. The number of primary sulfonamides is 1. The van der Waals surface area contributed by atoms with E-state index in [0.717, 1.165) is 0 Å². The highest BCUT2D eigenvalue weighted by atomic mass is 32.2. The van der Waals surface area contributed by atoms with Gasteiger partial charge in [0.1, 0.15) is 0 Å². The van der Waals surface area contributed by atoms with Gasteiger partial charge >= 0.3 is 5.51 Å². The average Bonchev–Trinajstić information content (AvgIpc) is 1.92. The summed E-state index contributed by atoms with van der Waals surface area (Å²) < 4.78 is 55.5. The zero-order valence-electron chi connectivity index (χ0n) is 7.17. The Morgan fingerprint density at radius 2 is 1.86 bits per heavy atom. The van der Waals surface area contributed by atoms with Crippen LogP contribution in [0, 0.1) is 0 Å². The van der Waals surface area contributed by atoms with Crippen LogP contribution in [0.4, 0.5) is 13.2 Å². The lowest BCUT2D eigenvalue weighted by Gasteiger charge is -2.06. The van der Waals surface area contributed by atoms with E-state index >= 15 is 0 Å². The first-order valence-corrected chi connectivity index (χ1v) is 6.33. The number of alkyl halides is 3. The third-order valence-electron chi connectivity index (χ3n) is 1.11. The second-order valence-corrected chi connectivity index (χ2v) is 5.30. The largest absolute Gasteiger partial charge is 0.441 e. The van der Waals surface area contributed by atoms with E-state index in [2.05, 4.69) is 10.5 Å². The highest BCUT2D eigenvalue weighted by molar-refractivity contribution is 8.00. The third-order valence-corrected chi connectivity index (χ3v) is 2.62. The van der Waals surface area contributed by atoms with Gasteiger partial charge < -0.3 is 5.32 Å². The van der Waals surface area contributed by atoms with Gasteiger partial charge in [0.25, 0.3) is 0 Å². The van der Waals surface area contributed by atoms with Crippen LogP contribution in [0.3, 0.4) is 0 Å². The summed E-state index contributed by atoms with van der Waals surface area (Å²) in [7, 11) is -3.53. The van der Waals surface area contributed by atoms with Crippen molar-refractivity contribution in [2.75, 3.05) is 24.6 Å². The highest BCUT2D eigenvalue weighted by Crippen LogP contribution is 2.29. The molecule has 0 radical (unpaired) electrons. The smallest absolute Gasteiger partial charge is 0.315 e. The molecule has 0 aliphatic heterocycles. The molecule has 3 N–H and O–H groups in total. The number of halogens is 3. The SMILES string of the molecule is NS(=O)(=O)CCNCCSC(F)(F)F. The molecule has 0 aromatic carbocycles. The van der Waals surface area contributed by atoms with Gasteiger partial charge in [-0.1, -0.05) is 0 Å². The van der Waals surface area contributed by atoms with Crippen LogP contribution < -0.4 is 10.5 Å². The molecule has 0 rings (SSSR count). The zero-order valence-corrected chi connectivity index (χ0v) is 8.81. The van der Waals surface area contributed by atoms with E-state index in [1.54, 1.807) is 0 Å². The molecule has 14 heavy (non-hydrogen) atoms. The molecule has 0 amide bonds. The minimum absolute atomic E-state index is 0.0667. The van der Waals surface area contributed by atoms with Crippen molar-refractivity contribution in [2.45, 2.75) is 5.51 Å². The van der Waals surface area contributed by atoms with E-state index in [-0.39, 0.29) is 36.4 Å². The molecule has 0 atom stereocenters. The molecule has 0 spiro atoms. The van der Waals surface area contributed by atoms with Crippen LogP contribution in [0.2, 0.25) is 0 Å². The van der Waals surface area contributed by atoms with Crippen molar-refractivity contribution >= 4 is 21.8 Å². The Labute approximate surface area is 84.5 Å². The van der Waals surface area contributed by atoms with Gasteiger partial charge in [0.15, 0.2) is 0 Å². The lowest BCUT2D eigenvalue weighted by Crippen LogP contribution is -2.28. The molecule has 0 saturated heterocycles. The Morgan fingerprint density at radius 3 is 2.29 bits per heavy atom. The quantitative estimate of drug-likeness (QED) is 0.658. The normalized spacial score (nSPS) is 13.1. The van der Waals surface area contributed by atoms with Crippen LogP contribution in [0.5, 0.6) is 0 Å². The standard InChI is InChI=1S/C5H11F3N2O2S2/c6-5(7,8)13-3-1-10-2-4-14(9,11)12/h10H,1-4H2,(H2,9,11,12). The predicted octanol–water partition coefficient (Wildman–Crippen LogP) is 0.118. The van der Waals surface area contributed by atoms with Gasteiger partial charge in [-0.2, -0.15) is 13.2 Å². The molecule has 0 bridgehead atoms. The second-order valence-electron chi connectivity index (χ2n) is 2.41. The van der Waals surface area contributed by atoms with Crippen molar-refractivity contribution in [3.8, 4) is 0 Å². The van der Waals surface area contributed by atoms with E-state index in [1.807, 2.05) is 0 Å². The Balaban J connectivity index is 3.32. The molecule has 0 fully saturated rings. The van der Waals surface area contributed by atoms with Crippen molar-refractivity contribution in [3.05, 3.63) is 0 Å². The molecule has 0 unspecified atom stereocenters. The fourth-order valence-corrected chi connectivity index (χ4v) is 1.49.